The number of nitriles is 1. The Hall–Kier alpha value is -2.69. The Labute approximate surface area is 178 Å². The van der Waals surface area contributed by atoms with Crippen LogP contribution in [0, 0.1) is 31.0 Å². The van der Waals surface area contributed by atoms with Crippen LogP contribution in [0.15, 0.2) is 52.2 Å². The van der Waals surface area contributed by atoms with E-state index in [0.717, 1.165) is 32.4 Å². The highest BCUT2D eigenvalue weighted by Gasteiger charge is 2.19. The van der Waals surface area contributed by atoms with Gasteiger partial charge in [-0.1, -0.05) is 23.9 Å². The molecule has 0 aliphatic heterocycles. The molecule has 148 valence electrons. The summed E-state index contributed by atoms with van der Waals surface area (Å²) in [4.78, 5) is 19.2. The third-order valence-corrected chi connectivity index (χ3v) is 6.56. The lowest BCUT2D eigenvalue weighted by molar-refractivity contribution is -0.116. The number of halogens is 1. The molecule has 0 spiro atoms. The summed E-state index contributed by atoms with van der Waals surface area (Å²) in [6, 6.07) is 14.2. The molecule has 0 saturated carbocycles. The number of aromatic nitrogens is 1. The Morgan fingerprint density at radius 3 is 2.72 bits per heavy atom. The summed E-state index contributed by atoms with van der Waals surface area (Å²) in [7, 11) is 0. The number of thioether (sulfide) groups is 1. The van der Waals surface area contributed by atoms with Crippen molar-refractivity contribution in [3.63, 3.8) is 0 Å². The summed E-state index contributed by atoms with van der Waals surface area (Å²) in [6.07, 6.45) is 0.274. The summed E-state index contributed by atoms with van der Waals surface area (Å²) in [5, 5.41) is 10.9. The zero-order valence-electron chi connectivity index (χ0n) is 16.2. The second kappa shape index (κ2) is 9.68. The van der Waals surface area contributed by atoms with Gasteiger partial charge in [-0.25, -0.2) is 9.37 Å². The van der Waals surface area contributed by atoms with Crippen LogP contribution in [0.1, 0.15) is 17.5 Å². The monoisotopic (exact) mass is 425 g/mol. The maximum atomic E-state index is 13.1. The molecule has 0 bridgehead atoms. The van der Waals surface area contributed by atoms with Gasteiger partial charge in [0.2, 0.25) is 5.91 Å². The minimum absolute atomic E-state index is 0.0579. The smallest absolute Gasteiger partial charge is 0.237 e. The quantitative estimate of drug-likeness (QED) is 0.462. The first kappa shape index (κ1) is 21.0. The fraction of sp³-hybridized carbons (Fsp3) is 0.227. The third kappa shape index (κ3) is 5.22. The van der Waals surface area contributed by atoms with E-state index in [1.54, 1.807) is 17.0 Å². The number of thiazole rings is 1. The van der Waals surface area contributed by atoms with Gasteiger partial charge in [-0.3, -0.25) is 4.79 Å². The van der Waals surface area contributed by atoms with E-state index in [0.29, 0.717) is 6.54 Å². The number of aryl methyl sites for hydroxylation is 1. The molecule has 1 amide bonds. The van der Waals surface area contributed by atoms with Crippen LogP contribution < -0.4 is 4.90 Å². The third-order valence-electron chi connectivity index (χ3n) is 4.56. The number of amides is 1. The number of hydrogen-bond acceptors (Lipinski definition) is 5. The molecule has 0 N–H and O–H groups in total. The minimum atomic E-state index is -0.284. The van der Waals surface area contributed by atoms with Crippen molar-refractivity contribution in [3.05, 3.63) is 64.8 Å². The highest BCUT2D eigenvalue weighted by atomic mass is 32.2. The Morgan fingerprint density at radius 1 is 1.24 bits per heavy atom. The van der Waals surface area contributed by atoms with E-state index in [1.165, 1.54) is 35.2 Å². The number of rotatable bonds is 7. The number of anilines is 1. The first-order valence-corrected chi connectivity index (χ1v) is 10.9. The molecule has 0 aliphatic rings. The molecule has 3 aromatic rings. The van der Waals surface area contributed by atoms with Gasteiger partial charge in [-0.2, -0.15) is 5.26 Å². The Morgan fingerprint density at radius 2 is 2.00 bits per heavy atom. The Kier molecular flexibility index (Phi) is 7.02. The van der Waals surface area contributed by atoms with Gasteiger partial charge in [0, 0.05) is 23.2 Å². The van der Waals surface area contributed by atoms with Crippen LogP contribution in [-0.2, 0) is 4.79 Å². The molecule has 1 heterocycles. The molecular formula is C22H20FN3OS2. The van der Waals surface area contributed by atoms with Gasteiger partial charge in [0.25, 0.3) is 0 Å². The molecule has 0 aliphatic carbocycles. The lowest BCUT2D eigenvalue weighted by Gasteiger charge is -2.24. The van der Waals surface area contributed by atoms with Crippen LogP contribution in [0.4, 0.5) is 10.1 Å². The molecule has 0 radical (unpaired) electrons. The largest absolute Gasteiger partial charge is 0.310 e. The fourth-order valence-electron chi connectivity index (χ4n) is 2.85. The molecule has 0 unspecified atom stereocenters. The van der Waals surface area contributed by atoms with Crippen LogP contribution in [0.5, 0.6) is 0 Å². The van der Waals surface area contributed by atoms with Crippen molar-refractivity contribution in [1.29, 1.82) is 5.26 Å². The van der Waals surface area contributed by atoms with Crippen molar-refractivity contribution in [3.8, 4) is 17.3 Å². The van der Waals surface area contributed by atoms with E-state index in [9.17, 15) is 9.18 Å². The normalized spacial score (nSPS) is 10.6. The highest BCUT2D eigenvalue weighted by molar-refractivity contribution is 8.01. The lowest BCUT2D eigenvalue weighted by Crippen LogP contribution is -2.34. The first-order chi connectivity index (χ1) is 14.0. The predicted molar refractivity (Wildman–Crippen MR) is 117 cm³/mol. The molecule has 0 fully saturated rings. The van der Waals surface area contributed by atoms with Crippen molar-refractivity contribution < 1.29 is 9.18 Å². The van der Waals surface area contributed by atoms with Gasteiger partial charge in [0.05, 0.1) is 23.9 Å². The molecular weight excluding hydrogens is 405 g/mol. The molecule has 1 aromatic heterocycles. The number of nitrogens with zero attached hydrogens (tertiary/aromatic N) is 3. The predicted octanol–water partition coefficient (Wildman–Crippen LogP) is 5.61. The van der Waals surface area contributed by atoms with Gasteiger partial charge in [-0.05, 0) is 55.3 Å². The van der Waals surface area contributed by atoms with Gasteiger partial charge in [0.1, 0.15) is 5.82 Å². The van der Waals surface area contributed by atoms with Crippen molar-refractivity contribution in [2.45, 2.75) is 24.6 Å². The summed E-state index contributed by atoms with van der Waals surface area (Å²) in [6.45, 7) is 4.35. The van der Waals surface area contributed by atoms with Crippen LogP contribution >= 0.6 is 23.1 Å². The lowest BCUT2D eigenvalue weighted by atomic mass is 10.1. The van der Waals surface area contributed by atoms with Crippen LogP contribution in [0.25, 0.3) is 11.3 Å². The Balaban J connectivity index is 1.71. The van der Waals surface area contributed by atoms with E-state index in [2.05, 4.69) is 11.1 Å². The zero-order chi connectivity index (χ0) is 20.8. The highest BCUT2D eigenvalue weighted by Crippen LogP contribution is 2.30. The van der Waals surface area contributed by atoms with Crippen LogP contribution in [0.2, 0.25) is 0 Å². The SMILES string of the molecule is Cc1cccc(N(CCC#N)C(=O)CSc2nc(-c3ccc(F)cc3)cs2)c1C. The van der Waals surface area contributed by atoms with E-state index < -0.39 is 0 Å². The van der Waals surface area contributed by atoms with Crippen molar-refractivity contribution in [2.75, 3.05) is 17.2 Å². The summed E-state index contributed by atoms with van der Waals surface area (Å²) >= 11 is 2.83. The molecule has 29 heavy (non-hydrogen) atoms. The Bertz CT molecular complexity index is 1040. The molecule has 4 nitrogen and oxygen atoms in total. The maximum Gasteiger partial charge on any atom is 0.237 e. The minimum Gasteiger partial charge on any atom is -0.310 e. The summed E-state index contributed by atoms with van der Waals surface area (Å²) in [5.41, 5.74) is 4.59. The standard InChI is InChI=1S/C22H20FN3OS2/c1-15-5-3-6-20(16(15)2)26(12-4-11-24)21(27)14-29-22-25-19(13-28-22)17-7-9-18(23)10-8-17/h3,5-10,13H,4,12,14H2,1-2H3. The second-order valence-electron chi connectivity index (χ2n) is 6.47. The van der Waals surface area contributed by atoms with E-state index in [-0.39, 0.29) is 23.9 Å². The van der Waals surface area contributed by atoms with E-state index in [1.807, 2.05) is 37.4 Å². The summed E-state index contributed by atoms with van der Waals surface area (Å²) in [5.74, 6) is -0.111. The van der Waals surface area contributed by atoms with Crippen LogP contribution in [-0.4, -0.2) is 23.2 Å². The fourth-order valence-corrected chi connectivity index (χ4v) is 4.56. The number of benzene rings is 2. The maximum absolute atomic E-state index is 13.1. The second-order valence-corrected chi connectivity index (χ2v) is 8.55. The first-order valence-electron chi connectivity index (χ1n) is 9.07. The molecule has 3 rings (SSSR count). The van der Waals surface area contributed by atoms with Crippen molar-refractivity contribution in [2.24, 2.45) is 0 Å². The number of hydrogen-bond donors (Lipinski definition) is 0. The van der Waals surface area contributed by atoms with Crippen molar-refractivity contribution >= 4 is 34.7 Å². The molecule has 2 aromatic carbocycles. The number of carbonyl (C=O) groups is 1. The average molecular weight is 426 g/mol. The molecule has 0 atom stereocenters. The summed E-state index contributed by atoms with van der Waals surface area (Å²) < 4.78 is 13.9. The number of carbonyl (C=O) groups excluding carboxylic acids is 1. The topological polar surface area (TPSA) is 57.0 Å². The zero-order valence-corrected chi connectivity index (χ0v) is 17.8. The van der Waals surface area contributed by atoms with Gasteiger partial charge < -0.3 is 4.90 Å². The van der Waals surface area contributed by atoms with Crippen LogP contribution in [0.3, 0.4) is 0 Å². The van der Waals surface area contributed by atoms with Gasteiger partial charge >= 0.3 is 0 Å². The van der Waals surface area contributed by atoms with Crippen molar-refractivity contribution in [1.82, 2.24) is 4.98 Å². The van der Waals surface area contributed by atoms with E-state index >= 15 is 0 Å². The van der Waals surface area contributed by atoms with E-state index in [4.69, 9.17) is 5.26 Å². The average Bonchev–Trinajstić information content (AvgIpc) is 3.19. The van der Waals surface area contributed by atoms with Gasteiger partial charge in [-0.15, -0.1) is 11.3 Å². The molecule has 7 heteroatoms. The van der Waals surface area contributed by atoms with Gasteiger partial charge in [0.15, 0.2) is 4.34 Å². The molecule has 0 saturated heterocycles.